The summed E-state index contributed by atoms with van der Waals surface area (Å²) in [5.74, 6) is -0.739. The van der Waals surface area contributed by atoms with Gasteiger partial charge >= 0.3 is 11.6 Å². The van der Waals surface area contributed by atoms with E-state index in [1.54, 1.807) is 0 Å². The minimum absolute atomic E-state index is 0.0682. The summed E-state index contributed by atoms with van der Waals surface area (Å²) in [6, 6.07) is 0. The summed E-state index contributed by atoms with van der Waals surface area (Å²) in [4.78, 5) is 21.6. The highest BCUT2D eigenvalue weighted by molar-refractivity contribution is 5.67. The Morgan fingerprint density at radius 3 is 3.14 bits per heavy atom. The Hall–Kier alpha value is -1.52. The molecule has 1 atom stereocenters. The maximum absolute atomic E-state index is 11.1. The molecule has 1 aliphatic carbocycles. The van der Waals surface area contributed by atoms with Gasteiger partial charge in [-0.05, 0) is 25.2 Å². The maximum atomic E-state index is 11.1. The second kappa shape index (κ2) is 3.32. The molecule has 2 N–H and O–H groups in total. The lowest BCUT2D eigenvalue weighted by Gasteiger charge is -2.18. The van der Waals surface area contributed by atoms with Gasteiger partial charge < -0.3 is 9.63 Å². The third-order valence-corrected chi connectivity index (χ3v) is 2.64. The van der Waals surface area contributed by atoms with Crippen LogP contribution in [0.1, 0.15) is 24.1 Å². The number of rotatable bonds is 2. The van der Waals surface area contributed by atoms with E-state index < -0.39 is 5.97 Å². The molecule has 14 heavy (non-hydrogen) atoms. The lowest BCUT2D eigenvalue weighted by Crippen LogP contribution is -2.20. The van der Waals surface area contributed by atoms with Gasteiger partial charge in [-0.25, -0.2) is 9.95 Å². The van der Waals surface area contributed by atoms with Crippen molar-refractivity contribution >= 4 is 5.97 Å². The molecule has 0 radical (unpaired) electrons. The fourth-order valence-electron chi connectivity index (χ4n) is 1.92. The largest absolute Gasteiger partial charge is 0.481 e. The zero-order valence-electron chi connectivity index (χ0n) is 7.58. The summed E-state index contributed by atoms with van der Waals surface area (Å²) in [6.07, 6.45) is 2.16. The standard InChI is InChI=1S/C9H11NO4/c11-8(12)4-5-1-2-7-6(3-5)9(13)14-10-7/h5,10H,1-4H2,(H,11,12). The molecule has 1 unspecified atom stereocenters. The molecule has 1 heterocycles. The van der Waals surface area contributed by atoms with Crippen LogP contribution < -0.4 is 5.63 Å². The summed E-state index contributed by atoms with van der Waals surface area (Å²) < 4.78 is 4.64. The molecular formula is C9H11NO4. The van der Waals surface area contributed by atoms with Gasteiger partial charge in [-0.2, -0.15) is 0 Å². The fourth-order valence-corrected chi connectivity index (χ4v) is 1.92. The molecule has 0 aliphatic heterocycles. The Morgan fingerprint density at radius 1 is 1.64 bits per heavy atom. The van der Waals surface area contributed by atoms with Crippen LogP contribution in [0.2, 0.25) is 0 Å². The number of carbonyl (C=O) groups is 1. The first-order chi connectivity index (χ1) is 6.66. The van der Waals surface area contributed by atoms with Gasteiger partial charge in [0.05, 0.1) is 11.3 Å². The molecule has 0 saturated heterocycles. The van der Waals surface area contributed by atoms with E-state index in [1.807, 2.05) is 0 Å². The number of carboxylic acids is 1. The first-order valence-corrected chi connectivity index (χ1v) is 4.58. The Kier molecular flexibility index (Phi) is 2.15. The van der Waals surface area contributed by atoms with Crippen LogP contribution in [-0.4, -0.2) is 16.2 Å². The van der Waals surface area contributed by atoms with Gasteiger partial charge in [0.15, 0.2) is 0 Å². The van der Waals surface area contributed by atoms with E-state index in [1.165, 1.54) is 0 Å². The monoisotopic (exact) mass is 197 g/mol. The number of hydrogen-bond acceptors (Lipinski definition) is 3. The quantitative estimate of drug-likeness (QED) is 0.725. The van der Waals surface area contributed by atoms with Crippen molar-refractivity contribution in [2.24, 2.45) is 5.92 Å². The number of aromatic nitrogens is 1. The molecule has 0 saturated carbocycles. The molecule has 5 nitrogen and oxygen atoms in total. The molecule has 0 spiro atoms. The summed E-state index contributed by atoms with van der Waals surface area (Å²) in [5.41, 5.74) is 1.11. The normalized spacial score (nSPS) is 20.4. The number of nitrogens with one attached hydrogen (secondary N) is 1. The van der Waals surface area contributed by atoms with Crippen LogP contribution >= 0.6 is 0 Å². The van der Waals surface area contributed by atoms with Gasteiger partial charge in [0, 0.05) is 6.42 Å². The van der Waals surface area contributed by atoms with Gasteiger partial charge in [-0.3, -0.25) is 4.79 Å². The predicted octanol–water partition coefficient (Wildman–Crippen LogP) is 0.548. The molecule has 76 valence electrons. The van der Waals surface area contributed by atoms with Crippen molar-refractivity contribution in [3.05, 3.63) is 21.7 Å². The molecule has 0 bridgehead atoms. The van der Waals surface area contributed by atoms with Gasteiger partial charge in [-0.15, -0.1) is 0 Å². The van der Waals surface area contributed by atoms with E-state index in [9.17, 15) is 9.59 Å². The molecule has 1 aromatic heterocycles. The lowest BCUT2D eigenvalue weighted by molar-refractivity contribution is -0.138. The van der Waals surface area contributed by atoms with E-state index in [0.717, 1.165) is 12.1 Å². The number of H-pyrrole nitrogens is 1. The molecule has 1 aliphatic rings. The summed E-state index contributed by atoms with van der Waals surface area (Å²) in [6.45, 7) is 0. The zero-order chi connectivity index (χ0) is 10.1. The Balaban J connectivity index is 2.16. The molecular weight excluding hydrogens is 186 g/mol. The van der Waals surface area contributed by atoms with E-state index in [2.05, 4.69) is 9.68 Å². The minimum atomic E-state index is -0.807. The Morgan fingerprint density at radius 2 is 2.43 bits per heavy atom. The molecule has 0 aromatic carbocycles. The van der Waals surface area contributed by atoms with E-state index in [4.69, 9.17) is 5.11 Å². The molecule has 0 fully saturated rings. The van der Waals surface area contributed by atoms with E-state index >= 15 is 0 Å². The van der Waals surface area contributed by atoms with Crippen molar-refractivity contribution in [3.63, 3.8) is 0 Å². The van der Waals surface area contributed by atoms with Crippen molar-refractivity contribution in [2.75, 3.05) is 0 Å². The van der Waals surface area contributed by atoms with Gasteiger partial charge in [0.25, 0.3) is 0 Å². The number of fused-ring (bicyclic) bond motifs is 1. The third kappa shape index (κ3) is 1.57. The van der Waals surface area contributed by atoms with Crippen LogP contribution in [0, 0.1) is 5.92 Å². The first-order valence-electron chi connectivity index (χ1n) is 4.58. The van der Waals surface area contributed by atoms with E-state index in [-0.39, 0.29) is 18.0 Å². The zero-order valence-corrected chi connectivity index (χ0v) is 7.58. The van der Waals surface area contributed by atoms with Crippen molar-refractivity contribution in [3.8, 4) is 0 Å². The van der Waals surface area contributed by atoms with Crippen LogP contribution in [0.3, 0.4) is 0 Å². The average Bonchev–Trinajstić information content (AvgIpc) is 2.47. The third-order valence-electron chi connectivity index (χ3n) is 2.64. The first kappa shape index (κ1) is 9.05. The molecule has 2 rings (SSSR count). The van der Waals surface area contributed by atoms with Crippen molar-refractivity contribution < 1.29 is 14.4 Å². The molecule has 1 aromatic rings. The number of aryl methyl sites for hydroxylation is 1. The van der Waals surface area contributed by atoms with E-state index in [0.29, 0.717) is 18.4 Å². The molecule has 0 amide bonds. The Bertz CT molecular complexity index is 403. The summed E-state index contributed by atoms with van der Waals surface area (Å²) >= 11 is 0. The average molecular weight is 197 g/mol. The fraction of sp³-hybridized carbons (Fsp3) is 0.556. The minimum Gasteiger partial charge on any atom is -0.481 e. The van der Waals surface area contributed by atoms with Crippen LogP contribution in [0.25, 0.3) is 0 Å². The van der Waals surface area contributed by atoms with Crippen LogP contribution in [-0.2, 0) is 17.6 Å². The van der Waals surface area contributed by atoms with Crippen LogP contribution in [0.5, 0.6) is 0 Å². The maximum Gasteiger partial charge on any atom is 0.360 e. The smallest absolute Gasteiger partial charge is 0.360 e. The SMILES string of the molecule is O=C(O)CC1CCc2[nH]oc(=O)c2C1. The second-order valence-electron chi connectivity index (χ2n) is 3.66. The topological polar surface area (TPSA) is 83.3 Å². The number of hydrogen-bond donors (Lipinski definition) is 2. The van der Waals surface area contributed by atoms with Gasteiger partial charge in [0.2, 0.25) is 0 Å². The highest BCUT2D eigenvalue weighted by Gasteiger charge is 2.25. The van der Waals surface area contributed by atoms with Crippen LogP contribution in [0.4, 0.5) is 0 Å². The highest BCUT2D eigenvalue weighted by Crippen LogP contribution is 2.24. The van der Waals surface area contributed by atoms with Crippen molar-refractivity contribution in [1.82, 2.24) is 5.16 Å². The Labute approximate surface area is 79.7 Å². The number of aliphatic carboxylic acids is 1. The van der Waals surface area contributed by atoms with Crippen molar-refractivity contribution in [2.45, 2.75) is 25.7 Å². The van der Waals surface area contributed by atoms with Gasteiger partial charge in [0.1, 0.15) is 0 Å². The summed E-state index contributed by atoms with van der Waals surface area (Å²) in [7, 11) is 0. The van der Waals surface area contributed by atoms with Crippen LogP contribution in [0.15, 0.2) is 9.32 Å². The second-order valence-corrected chi connectivity index (χ2v) is 3.66. The van der Waals surface area contributed by atoms with Gasteiger partial charge in [-0.1, -0.05) is 0 Å². The number of aromatic amines is 1. The lowest BCUT2D eigenvalue weighted by atomic mass is 9.86. The summed E-state index contributed by atoms with van der Waals surface area (Å²) in [5, 5.41) is 11.2. The highest BCUT2D eigenvalue weighted by atomic mass is 16.5. The number of carboxylic acid groups (broad SMARTS) is 1. The predicted molar refractivity (Wildman–Crippen MR) is 47.1 cm³/mol. The van der Waals surface area contributed by atoms with Crippen molar-refractivity contribution in [1.29, 1.82) is 0 Å². The molecule has 5 heteroatoms.